The molecule has 2 N–H and O–H groups in total. The number of hydrogen-bond acceptors (Lipinski definition) is 6. The first-order valence-electron chi connectivity index (χ1n) is 12.3. The largest absolute Gasteiger partial charge is 0.493 e. The number of amides is 3. The van der Waals surface area contributed by atoms with Crippen LogP contribution in [-0.2, 0) is 9.59 Å². The van der Waals surface area contributed by atoms with Crippen LogP contribution in [0.25, 0.3) is 0 Å². The number of methoxy groups -OCH3 is 2. The zero-order chi connectivity index (χ0) is 27.9. The normalized spacial score (nSPS) is 11.8. The third kappa shape index (κ3) is 6.92. The quantitative estimate of drug-likeness (QED) is 0.363. The van der Waals surface area contributed by atoms with E-state index in [0.29, 0.717) is 34.0 Å². The second-order valence-electron chi connectivity index (χ2n) is 9.50. The number of carbonyl (C=O) groups excluding carboxylic acids is 3. The lowest BCUT2D eigenvalue weighted by molar-refractivity contribution is -0.127. The fourth-order valence-electron chi connectivity index (χ4n) is 3.80. The average Bonchev–Trinajstić information content (AvgIpc) is 3.45. The lowest BCUT2D eigenvalue weighted by Crippen LogP contribution is -2.52. The van der Waals surface area contributed by atoms with Gasteiger partial charge < -0.3 is 20.1 Å². The van der Waals surface area contributed by atoms with E-state index in [1.54, 1.807) is 35.7 Å². The van der Waals surface area contributed by atoms with Crippen LogP contribution < -0.4 is 25.0 Å². The highest BCUT2D eigenvalue weighted by molar-refractivity contribution is 7.12. The Morgan fingerprint density at radius 3 is 2.26 bits per heavy atom. The highest BCUT2D eigenvalue weighted by Gasteiger charge is 2.35. The van der Waals surface area contributed by atoms with Crippen LogP contribution in [-0.4, -0.2) is 44.0 Å². The molecule has 0 aliphatic heterocycles. The number of nitrogens with one attached hydrogen (secondary N) is 2. The maximum absolute atomic E-state index is 13.9. The second-order valence-corrected chi connectivity index (χ2v) is 10.5. The number of benzene rings is 2. The SMILES string of the molecule is CCC(C)(C)NC(=O)C(c1ccc(C)cc1)N(C(=O)CNC(=O)c1cccs1)c1ccc(OC)c(OC)c1. The molecule has 3 aromatic rings. The Bertz CT molecular complexity index is 1260. The molecule has 0 fully saturated rings. The summed E-state index contributed by atoms with van der Waals surface area (Å²) < 4.78 is 10.9. The average molecular weight is 538 g/mol. The molecule has 1 unspecified atom stereocenters. The summed E-state index contributed by atoms with van der Waals surface area (Å²) >= 11 is 1.28. The monoisotopic (exact) mass is 537 g/mol. The summed E-state index contributed by atoms with van der Waals surface area (Å²) in [4.78, 5) is 42.2. The molecule has 1 atom stereocenters. The lowest BCUT2D eigenvalue weighted by atomic mass is 9.97. The van der Waals surface area contributed by atoms with Crippen molar-refractivity contribution in [2.75, 3.05) is 25.7 Å². The maximum Gasteiger partial charge on any atom is 0.261 e. The molecule has 3 amide bonds. The van der Waals surface area contributed by atoms with E-state index in [4.69, 9.17) is 9.47 Å². The van der Waals surface area contributed by atoms with Crippen molar-refractivity contribution < 1.29 is 23.9 Å². The molecule has 0 aliphatic rings. The highest BCUT2D eigenvalue weighted by Crippen LogP contribution is 2.36. The highest BCUT2D eigenvalue weighted by atomic mass is 32.1. The topological polar surface area (TPSA) is 97.0 Å². The maximum atomic E-state index is 13.9. The molecular weight excluding hydrogens is 502 g/mol. The fourth-order valence-corrected chi connectivity index (χ4v) is 4.44. The van der Waals surface area contributed by atoms with Crippen molar-refractivity contribution in [3.05, 3.63) is 76.0 Å². The fraction of sp³-hybridized carbons (Fsp3) is 0.345. The van der Waals surface area contributed by atoms with Gasteiger partial charge in [-0.25, -0.2) is 0 Å². The molecule has 0 saturated heterocycles. The van der Waals surface area contributed by atoms with Crippen LogP contribution in [0, 0.1) is 6.92 Å². The lowest BCUT2D eigenvalue weighted by Gasteiger charge is -2.35. The van der Waals surface area contributed by atoms with Gasteiger partial charge in [0.05, 0.1) is 25.6 Å². The van der Waals surface area contributed by atoms with Crippen LogP contribution in [0.5, 0.6) is 11.5 Å². The van der Waals surface area contributed by atoms with Gasteiger partial charge in [0, 0.05) is 17.3 Å². The molecule has 1 heterocycles. The first-order chi connectivity index (χ1) is 18.1. The summed E-state index contributed by atoms with van der Waals surface area (Å²) in [6, 6.07) is 14.9. The standard InChI is InChI=1S/C29H35N3O5S/c1-7-29(3,4)31-28(35)26(20-12-10-19(2)11-13-20)32(21-14-15-22(36-5)23(17-21)37-6)25(33)18-30-27(34)24-9-8-16-38-24/h8-17,26H,7,18H2,1-6H3,(H,30,34)(H,31,35). The van der Waals surface area contributed by atoms with E-state index >= 15 is 0 Å². The van der Waals surface area contributed by atoms with Crippen molar-refractivity contribution in [1.82, 2.24) is 10.6 Å². The molecule has 38 heavy (non-hydrogen) atoms. The van der Waals surface area contributed by atoms with Crippen LogP contribution in [0.2, 0.25) is 0 Å². The number of ether oxygens (including phenoxy) is 2. The van der Waals surface area contributed by atoms with Crippen molar-refractivity contribution in [2.45, 2.75) is 45.7 Å². The minimum atomic E-state index is -1.01. The van der Waals surface area contributed by atoms with E-state index in [2.05, 4.69) is 10.6 Å². The van der Waals surface area contributed by atoms with E-state index in [0.717, 1.165) is 5.56 Å². The zero-order valence-corrected chi connectivity index (χ0v) is 23.5. The Hall–Kier alpha value is -3.85. The van der Waals surface area contributed by atoms with Gasteiger partial charge in [-0.3, -0.25) is 19.3 Å². The molecular formula is C29H35N3O5S. The van der Waals surface area contributed by atoms with Crippen LogP contribution in [0.1, 0.15) is 54.0 Å². The molecule has 202 valence electrons. The van der Waals surface area contributed by atoms with Crippen molar-refractivity contribution in [3.63, 3.8) is 0 Å². The van der Waals surface area contributed by atoms with E-state index in [9.17, 15) is 14.4 Å². The van der Waals surface area contributed by atoms with Gasteiger partial charge in [0.25, 0.3) is 5.91 Å². The number of hydrogen-bond donors (Lipinski definition) is 2. The Morgan fingerprint density at radius 2 is 1.68 bits per heavy atom. The molecule has 0 bridgehead atoms. The first-order valence-corrected chi connectivity index (χ1v) is 13.2. The van der Waals surface area contributed by atoms with Crippen LogP contribution in [0.15, 0.2) is 60.0 Å². The Balaban J connectivity index is 2.10. The van der Waals surface area contributed by atoms with Gasteiger partial charge in [0.15, 0.2) is 11.5 Å². The van der Waals surface area contributed by atoms with E-state index in [-0.39, 0.29) is 18.4 Å². The number of carbonyl (C=O) groups is 3. The molecule has 0 spiro atoms. The van der Waals surface area contributed by atoms with Crippen molar-refractivity contribution >= 4 is 34.7 Å². The number of nitrogens with zero attached hydrogens (tertiary/aromatic N) is 1. The van der Waals surface area contributed by atoms with Crippen molar-refractivity contribution in [1.29, 1.82) is 0 Å². The zero-order valence-electron chi connectivity index (χ0n) is 22.7. The number of thiophene rings is 1. The van der Waals surface area contributed by atoms with Gasteiger partial charge in [0.2, 0.25) is 11.8 Å². The molecule has 2 aromatic carbocycles. The van der Waals surface area contributed by atoms with Crippen LogP contribution in [0.3, 0.4) is 0 Å². The number of aryl methyl sites for hydroxylation is 1. The summed E-state index contributed by atoms with van der Waals surface area (Å²) in [5.41, 5.74) is 1.58. The molecule has 9 heteroatoms. The first kappa shape index (κ1) is 28.7. The molecule has 0 saturated carbocycles. The minimum absolute atomic E-state index is 0.308. The summed E-state index contributed by atoms with van der Waals surface area (Å²) in [5, 5.41) is 7.57. The van der Waals surface area contributed by atoms with E-state index < -0.39 is 17.5 Å². The number of anilines is 1. The molecule has 0 radical (unpaired) electrons. The predicted octanol–water partition coefficient (Wildman–Crippen LogP) is 4.88. The molecule has 3 rings (SSSR count). The summed E-state index contributed by atoms with van der Waals surface area (Å²) in [6.45, 7) is 7.49. The third-order valence-electron chi connectivity index (χ3n) is 6.30. The van der Waals surface area contributed by atoms with Gasteiger partial charge in [-0.15, -0.1) is 11.3 Å². The Morgan fingerprint density at radius 1 is 1.00 bits per heavy atom. The van der Waals surface area contributed by atoms with Crippen molar-refractivity contribution in [2.24, 2.45) is 0 Å². The minimum Gasteiger partial charge on any atom is -0.493 e. The van der Waals surface area contributed by atoms with E-state index in [1.165, 1.54) is 30.5 Å². The van der Waals surface area contributed by atoms with Gasteiger partial charge in [-0.1, -0.05) is 42.8 Å². The third-order valence-corrected chi connectivity index (χ3v) is 7.17. The predicted molar refractivity (Wildman–Crippen MR) is 150 cm³/mol. The molecule has 1 aromatic heterocycles. The van der Waals surface area contributed by atoms with Crippen LogP contribution in [0.4, 0.5) is 5.69 Å². The smallest absolute Gasteiger partial charge is 0.261 e. The molecule has 0 aliphatic carbocycles. The van der Waals surface area contributed by atoms with Gasteiger partial charge in [-0.2, -0.15) is 0 Å². The Kier molecular flexibility index (Phi) is 9.52. The van der Waals surface area contributed by atoms with Gasteiger partial charge >= 0.3 is 0 Å². The summed E-state index contributed by atoms with van der Waals surface area (Å²) in [5.74, 6) is -0.268. The van der Waals surface area contributed by atoms with Gasteiger partial charge in [-0.05, 0) is 56.3 Å². The summed E-state index contributed by atoms with van der Waals surface area (Å²) in [6.07, 6.45) is 0.695. The van der Waals surface area contributed by atoms with Crippen LogP contribution >= 0.6 is 11.3 Å². The summed E-state index contributed by atoms with van der Waals surface area (Å²) in [7, 11) is 3.03. The van der Waals surface area contributed by atoms with Crippen molar-refractivity contribution in [3.8, 4) is 11.5 Å². The Labute approximate surface area is 228 Å². The molecule has 8 nitrogen and oxygen atoms in total. The van der Waals surface area contributed by atoms with E-state index in [1.807, 2.05) is 52.0 Å². The number of rotatable bonds is 11. The van der Waals surface area contributed by atoms with Gasteiger partial charge in [0.1, 0.15) is 6.04 Å². The second kappa shape index (κ2) is 12.6.